The first kappa shape index (κ1) is 9.72. The lowest BCUT2D eigenvalue weighted by molar-refractivity contribution is 0.615. The van der Waals surface area contributed by atoms with E-state index in [4.69, 9.17) is 5.73 Å². The summed E-state index contributed by atoms with van der Waals surface area (Å²) in [6.45, 7) is 2.20. The van der Waals surface area contributed by atoms with E-state index in [1.165, 1.54) is 36.0 Å². The summed E-state index contributed by atoms with van der Waals surface area (Å²) in [5.74, 6) is 0. The minimum Gasteiger partial charge on any atom is -0.324 e. The highest BCUT2D eigenvalue weighted by atomic mass is 14.6. The van der Waals surface area contributed by atoms with Gasteiger partial charge in [0.2, 0.25) is 0 Å². The molecule has 1 aromatic rings. The van der Waals surface area contributed by atoms with E-state index in [9.17, 15) is 0 Å². The van der Waals surface area contributed by atoms with Crippen LogP contribution in [-0.4, -0.2) is 0 Å². The summed E-state index contributed by atoms with van der Waals surface area (Å²) in [6.07, 6.45) is 6.05. The second-order valence-electron chi connectivity index (χ2n) is 4.24. The molecule has 0 aromatic heterocycles. The number of benzene rings is 1. The zero-order valence-corrected chi connectivity index (χ0v) is 8.92. The Hall–Kier alpha value is -0.820. The molecule has 0 saturated carbocycles. The van der Waals surface area contributed by atoms with E-state index in [1.807, 2.05) is 0 Å². The van der Waals surface area contributed by atoms with Crippen molar-refractivity contribution >= 4 is 0 Å². The van der Waals surface area contributed by atoms with Crippen LogP contribution in [0, 0.1) is 0 Å². The summed E-state index contributed by atoms with van der Waals surface area (Å²) in [5, 5.41) is 0. The van der Waals surface area contributed by atoms with Crippen LogP contribution >= 0.6 is 0 Å². The lowest BCUT2D eigenvalue weighted by Crippen LogP contribution is -2.10. The van der Waals surface area contributed by atoms with Gasteiger partial charge >= 0.3 is 0 Å². The zero-order chi connectivity index (χ0) is 9.97. The molecule has 0 spiro atoms. The Morgan fingerprint density at radius 1 is 1.36 bits per heavy atom. The molecule has 0 aliphatic heterocycles. The maximum absolute atomic E-state index is 6.17. The molecular formula is C13H19N. The summed E-state index contributed by atoms with van der Waals surface area (Å²) < 4.78 is 0. The van der Waals surface area contributed by atoms with Gasteiger partial charge in [-0.3, -0.25) is 0 Å². The monoisotopic (exact) mass is 189 g/mol. The van der Waals surface area contributed by atoms with Crippen molar-refractivity contribution in [2.24, 2.45) is 5.73 Å². The highest BCUT2D eigenvalue weighted by Gasteiger charge is 2.14. The molecule has 1 aliphatic carbocycles. The maximum atomic E-state index is 6.17. The number of nitrogens with two attached hydrogens (primary N) is 1. The third-order valence-corrected chi connectivity index (χ3v) is 3.23. The maximum Gasteiger partial charge on any atom is 0.0297 e. The summed E-state index contributed by atoms with van der Waals surface area (Å²) in [7, 11) is 0. The van der Waals surface area contributed by atoms with Gasteiger partial charge in [-0.15, -0.1) is 0 Å². The predicted molar refractivity (Wildman–Crippen MR) is 60.3 cm³/mol. The Bertz CT molecular complexity index is 317. The van der Waals surface area contributed by atoms with Crippen LogP contribution < -0.4 is 5.73 Å². The summed E-state index contributed by atoms with van der Waals surface area (Å²) >= 11 is 0. The summed E-state index contributed by atoms with van der Waals surface area (Å²) in [4.78, 5) is 0. The first-order valence-corrected chi connectivity index (χ1v) is 5.68. The molecule has 2 N–H and O–H groups in total. The molecule has 0 unspecified atom stereocenters. The Kier molecular flexibility index (Phi) is 2.87. The second kappa shape index (κ2) is 4.14. The van der Waals surface area contributed by atoms with Gasteiger partial charge in [-0.05, 0) is 42.4 Å². The van der Waals surface area contributed by atoms with Crippen molar-refractivity contribution in [2.45, 2.75) is 45.1 Å². The van der Waals surface area contributed by atoms with Crippen LogP contribution in [0.5, 0.6) is 0 Å². The predicted octanol–water partition coefficient (Wildman–Crippen LogP) is 2.98. The fourth-order valence-corrected chi connectivity index (χ4v) is 2.27. The number of hydrogen-bond acceptors (Lipinski definition) is 1. The molecule has 1 nitrogen and oxygen atoms in total. The van der Waals surface area contributed by atoms with Crippen molar-refractivity contribution in [1.29, 1.82) is 0 Å². The minimum atomic E-state index is 0.277. The lowest BCUT2D eigenvalue weighted by atomic mass is 9.96. The zero-order valence-electron chi connectivity index (χ0n) is 8.92. The number of hydrogen-bond donors (Lipinski definition) is 1. The molecule has 1 aliphatic rings. The highest BCUT2D eigenvalue weighted by Crippen LogP contribution is 2.27. The molecule has 14 heavy (non-hydrogen) atoms. The van der Waals surface area contributed by atoms with E-state index in [1.54, 1.807) is 0 Å². The third kappa shape index (κ3) is 1.83. The molecule has 0 radical (unpaired) electrons. The van der Waals surface area contributed by atoms with Gasteiger partial charge in [0.25, 0.3) is 0 Å². The average Bonchev–Trinajstić information content (AvgIpc) is 2.40. The minimum absolute atomic E-state index is 0.277. The van der Waals surface area contributed by atoms with Crippen LogP contribution in [0.2, 0.25) is 0 Å². The van der Waals surface area contributed by atoms with E-state index in [-0.39, 0.29) is 6.04 Å². The third-order valence-electron chi connectivity index (χ3n) is 3.23. The summed E-state index contributed by atoms with van der Waals surface area (Å²) in [6, 6.07) is 7.11. The largest absolute Gasteiger partial charge is 0.324 e. The molecule has 0 saturated heterocycles. The Morgan fingerprint density at radius 3 is 3.00 bits per heavy atom. The first-order valence-electron chi connectivity index (χ1n) is 5.68. The van der Waals surface area contributed by atoms with Gasteiger partial charge in [0.15, 0.2) is 0 Å². The Labute approximate surface area is 86.3 Å². The number of rotatable bonds is 1. The van der Waals surface area contributed by atoms with Crippen LogP contribution in [0.15, 0.2) is 18.2 Å². The van der Waals surface area contributed by atoms with Crippen LogP contribution in [0.25, 0.3) is 0 Å². The summed E-state index contributed by atoms with van der Waals surface area (Å²) in [5.41, 5.74) is 10.5. The molecule has 2 rings (SSSR count). The molecule has 1 aromatic carbocycles. The fraction of sp³-hybridized carbons (Fsp3) is 0.538. The van der Waals surface area contributed by atoms with E-state index in [0.29, 0.717) is 0 Å². The van der Waals surface area contributed by atoms with Crippen LogP contribution in [0.3, 0.4) is 0 Å². The van der Waals surface area contributed by atoms with Gasteiger partial charge in [-0.1, -0.05) is 31.5 Å². The van der Waals surface area contributed by atoms with E-state index in [0.717, 1.165) is 12.8 Å². The average molecular weight is 189 g/mol. The van der Waals surface area contributed by atoms with Gasteiger partial charge in [-0.2, -0.15) is 0 Å². The highest BCUT2D eigenvalue weighted by molar-refractivity contribution is 5.35. The first-order chi connectivity index (χ1) is 6.81. The Balaban J connectivity index is 2.39. The smallest absolute Gasteiger partial charge is 0.0297 e. The van der Waals surface area contributed by atoms with Crippen molar-refractivity contribution in [3.05, 3.63) is 34.9 Å². The topological polar surface area (TPSA) is 26.0 Å². The van der Waals surface area contributed by atoms with E-state index >= 15 is 0 Å². The normalized spacial score (nSPS) is 21.4. The number of fused-ring (bicyclic) bond motifs is 1. The van der Waals surface area contributed by atoms with Gasteiger partial charge in [0.1, 0.15) is 0 Å². The van der Waals surface area contributed by atoms with Crippen molar-refractivity contribution in [1.82, 2.24) is 0 Å². The second-order valence-corrected chi connectivity index (χ2v) is 4.24. The molecule has 0 fully saturated rings. The molecule has 1 atom stereocenters. The van der Waals surface area contributed by atoms with Gasteiger partial charge in [-0.25, -0.2) is 0 Å². The van der Waals surface area contributed by atoms with Crippen molar-refractivity contribution in [2.75, 3.05) is 0 Å². The molecule has 76 valence electrons. The molecule has 0 heterocycles. The van der Waals surface area contributed by atoms with Gasteiger partial charge in [0, 0.05) is 6.04 Å². The van der Waals surface area contributed by atoms with Crippen LogP contribution in [0.1, 0.15) is 48.9 Å². The Morgan fingerprint density at radius 2 is 2.21 bits per heavy atom. The van der Waals surface area contributed by atoms with Gasteiger partial charge in [0.05, 0.1) is 0 Å². The van der Waals surface area contributed by atoms with E-state index in [2.05, 4.69) is 25.1 Å². The molecule has 0 amide bonds. The molecule has 0 bridgehead atoms. The van der Waals surface area contributed by atoms with Crippen molar-refractivity contribution < 1.29 is 0 Å². The van der Waals surface area contributed by atoms with Crippen LogP contribution in [-0.2, 0) is 12.8 Å². The van der Waals surface area contributed by atoms with Crippen LogP contribution in [0.4, 0.5) is 0 Å². The van der Waals surface area contributed by atoms with Crippen molar-refractivity contribution in [3.8, 4) is 0 Å². The van der Waals surface area contributed by atoms with Gasteiger partial charge < -0.3 is 5.73 Å². The SMILES string of the molecule is CCc1ccc2c(c1)[C@H](N)CCCC2. The molecular weight excluding hydrogens is 170 g/mol. The standard InChI is InChI=1S/C13H19N/c1-2-10-7-8-11-5-3-4-6-13(14)12(11)9-10/h7-9,13H,2-6,14H2,1H3/t13-/m1/s1. The molecule has 1 heteroatoms. The fourth-order valence-electron chi connectivity index (χ4n) is 2.27. The quantitative estimate of drug-likeness (QED) is 0.675. The van der Waals surface area contributed by atoms with E-state index < -0.39 is 0 Å². The lowest BCUT2D eigenvalue weighted by Gasteiger charge is -2.13. The van der Waals surface area contributed by atoms with Crippen molar-refractivity contribution in [3.63, 3.8) is 0 Å². The number of aryl methyl sites for hydroxylation is 2.